The van der Waals surface area contributed by atoms with Crippen molar-refractivity contribution in [3.63, 3.8) is 0 Å². The minimum Gasteiger partial charge on any atom is -0.393 e. The van der Waals surface area contributed by atoms with E-state index in [1.54, 1.807) is 0 Å². The van der Waals surface area contributed by atoms with E-state index in [9.17, 15) is 0 Å². The van der Waals surface area contributed by atoms with Crippen LogP contribution in [-0.2, 0) is 0 Å². The van der Waals surface area contributed by atoms with Crippen LogP contribution in [0.2, 0.25) is 0 Å². The van der Waals surface area contributed by atoms with E-state index in [0.29, 0.717) is 10.4 Å². The lowest BCUT2D eigenvalue weighted by Crippen LogP contribution is -2.31. The molecule has 1 aliphatic rings. The van der Waals surface area contributed by atoms with Gasteiger partial charge in [0.25, 0.3) is 0 Å². The Morgan fingerprint density at radius 2 is 1.88 bits per heavy atom. The minimum absolute atomic E-state index is 0.429. The summed E-state index contributed by atoms with van der Waals surface area (Å²) in [5, 5.41) is 0. The van der Waals surface area contributed by atoms with Gasteiger partial charge < -0.3 is 15.5 Å². The SMILES string of the molecule is CN(C)CCCN(C)CC1(CC(N)=S)CC1. The van der Waals surface area contributed by atoms with E-state index in [4.69, 9.17) is 18.0 Å². The fraction of sp³-hybridized carbons (Fsp3) is 0.917. The second-order valence-electron chi connectivity index (χ2n) is 5.54. The molecule has 1 fully saturated rings. The maximum atomic E-state index is 5.64. The highest BCUT2D eigenvalue weighted by Gasteiger charge is 2.43. The molecule has 0 saturated heterocycles. The molecular formula is C12H25N3S. The first kappa shape index (κ1) is 13.9. The fourth-order valence-electron chi connectivity index (χ4n) is 2.25. The average molecular weight is 243 g/mol. The van der Waals surface area contributed by atoms with Crippen LogP contribution < -0.4 is 5.73 Å². The summed E-state index contributed by atoms with van der Waals surface area (Å²) in [6, 6.07) is 0. The van der Waals surface area contributed by atoms with Gasteiger partial charge in [-0.05, 0) is 58.9 Å². The number of nitrogens with two attached hydrogens (primary N) is 1. The molecule has 0 aromatic heterocycles. The first-order chi connectivity index (χ1) is 7.43. The third-order valence-electron chi connectivity index (χ3n) is 3.26. The summed E-state index contributed by atoms with van der Waals surface area (Å²) in [5.74, 6) is 0. The zero-order chi connectivity index (χ0) is 12.2. The van der Waals surface area contributed by atoms with Gasteiger partial charge in [0.15, 0.2) is 0 Å². The number of thiocarbonyl (C=S) groups is 1. The average Bonchev–Trinajstić information content (AvgIpc) is 2.82. The van der Waals surface area contributed by atoms with Gasteiger partial charge in [-0.3, -0.25) is 0 Å². The Morgan fingerprint density at radius 3 is 2.31 bits per heavy atom. The lowest BCUT2D eigenvalue weighted by molar-refractivity contribution is 0.251. The molecule has 4 heteroatoms. The molecule has 0 bridgehead atoms. The largest absolute Gasteiger partial charge is 0.393 e. The van der Waals surface area contributed by atoms with Crippen molar-refractivity contribution in [2.24, 2.45) is 11.1 Å². The van der Waals surface area contributed by atoms with E-state index in [1.165, 1.54) is 19.3 Å². The molecule has 2 N–H and O–H groups in total. The molecule has 0 atom stereocenters. The third-order valence-corrected chi connectivity index (χ3v) is 3.40. The molecule has 0 aromatic carbocycles. The molecule has 0 unspecified atom stereocenters. The summed E-state index contributed by atoms with van der Waals surface area (Å²) in [4.78, 5) is 5.34. The molecule has 0 spiro atoms. The van der Waals surface area contributed by atoms with E-state index >= 15 is 0 Å². The Morgan fingerprint density at radius 1 is 1.25 bits per heavy atom. The van der Waals surface area contributed by atoms with Crippen LogP contribution in [0.1, 0.15) is 25.7 Å². The van der Waals surface area contributed by atoms with E-state index in [0.717, 1.165) is 26.1 Å². The molecule has 0 aromatic rings. The molecule has 1 rings (SSSR count). The molecule has 0 heterocycles. The smallest absolute Gasteiger partial charge is 0.0733 e. The van der Waals surface area contributed by atoms with Crippen molar-refractivity contribution < 1.29 is 0 Å². The van der Waals surface area contributed by atoms with Crippen LogP contribution in [0, 0.1) is 5.41 Å². The summed E-state index contributed by atoms with van der Waals surface area (Å²) in [5.41, 5.74) is 6.07. The summed E-state index contributed by atoms with van der Waals surface area (Å²) < 4.78 is 0. The van der Waals surface area contributed by atoms with Crippen molar-refractivity contribution >= 4 is 17.2 Å². The van der Waals surface area contributed by atoms with Crippen molar-refractivity contribution in [2.45, 2.75) is 25.7 Å². The predicted octanol–water partition coefficient (Wildman–Crippen LogP) is 1.33. The van der Waals surface area contributed by atoms with Crippen molar-refractivity contribution in [1.82, 2.24) is 9.80 Å². The van der Waals surface area contributed by atoms with Gasteiger partial charge in [-0.15, -0.1) is 0 Å². The van der Waals surface area contributed by atoms with Gasteiger partial charge in [0, 0.05) is 13.0 Å². The third kappa shape index (κ3) is 5.23. The van der Waals surface area contributed by atoms with Crippen molar-refractivity contribution in [3.05, 3.63) is 0 Å². The van der Waals surface area contributed by atoms with Crippen LogP contribution >= 0.6 is 12.2 Å². The number of hydrogen-bond acceptors (Lipinski definition) is 3. The second-order valence-corrected chi connectivity index (χ2v) is 6.06. The van der Waals surface area contributed by atoms with E-state index < -0.39 is 0 Å². The maximum absolute atomic E-state index is 5.64. The van der Waals surface area contributed by atoms with Gasteiger partial charge in [0.05, 0.1) is 4.99 Å². The van der Waals surface area contributed by atoms with Crippen LogP contribution in [0.4, 0.5) is 0 Å². The number of rotatable bonds is 8. The lowest BCUT2D eigenvalue weighted by atomic mass is 10.0. The lowest BCUT2D eigenvalue weighted by Gasteiger charge is -2.23. The summed E-state index contributed by atoms with van der Waals surface area (Å²) in [7, 11) is 6.44. The molecular weight excluding hydrogens is 218 g/mol. The summed E-state index contributed by atoms with van der Waals surface area (Å²) >= 11 is 5.01. The first-order valence-electron chi connectivity index (χ1n) is 6.05. The quantitative estimate of drug-likeness (QED) is 0.652. The molecule has 0 radical (unpaired) electrons. The van der Waals surface area contributed by atoms with Crippen molar-refractivity contribution in [1.29, 1.82) is 0 Å². The molecule has 0 amide bonds. The molecule has 0 aliphatic heterocycles. The monoisotopic (exact) mass is 243 g/mol. The zero-order valence-electron chi connectivity index (χ0n) is 10.8. The van der Waals surface area contributed by atoms with Crippen molar-refractivity contribution in [3.8, 4) is 0 Å². The normalized spacial score (nSPS) is 18.1. The van der Waals surface area contributed by atoms with E-state index in [1.807, 2.05) is 0 Å². The Hall–Kier alpha value is -0.190. The topological polar surface area (TPSA) is 32.5 Å². The zero-order valence-corrected chi connectivity index (χ0v) is 11.6. The van der Waals surface area contributed by atoms with Gasteiger partial charge >= 0.3 is 0 Å². The molecule has 16 heavy (non-hydrogen) atoms. The van der Waals surface area contributed by atoms with Gasteiger partial charge in [-0.2, -0.15) is 0 Å². The highest BCUT2D eigenvalue weighted by Crippen LogP contribution is 2.49. The van der Waals surface area contributed by atoms with Gasteiger partial charge in [-0.1, -0.05) is 12.2 Å². The standard InChI is InChI=1S/C12H25N3S/c1-14(2)7-4-8-15(3)10-12(5-6-12)9-11(13)16/h4-10H2,1-3H3,(H2,13,16). The van der Waals surface area contributed by atoms with Gasteiger partial charge in [-0.25, -0.2) is 0 Å². The Balaban J connectivity index is 2.18. The maximum Gasteiger partial charge on any atom is 0.0733 e. The van der Waals surface area contributed by atoms with E-state index in [2.05, 4.69) is 30.9 Å². The molecule has 94 valence electrons. The molecule has 3 nitrogen and oxygen atoms in total. The Kier molecular flexibility index (Phi) is 5.15. The van der Waals surface area contributed by atoms with Gasteiger partial charge in [0.2, 0.25) is 0 Å². The Bertz CT molecular complexity index is 236. The number of nitrogens with zero attached hydrogens (tertiary/aromatic N) is 2. The fourth-order valence-corrected chi connectivity index (χ4v) is 2.55. The molecule has 1 aliphatic carbocycles. The Labute approximate surface area is 105 Å². The first-order valence-corrected chi connectivity index (χ1v) is 6.46. The highest BCUT2D eigenvalue weighted by atomic mass is 32.1. The molecule has 1 saturated carbocycles. The number of hydrogen-bond donors (Lipinski definition) is 1. The van der Waals surface area contributed by atoms with Crippen LogP contribution in [-0.4, -0.2) is 55.6 Å². The van der Waals surface area contributed by atoms with Gasteiger partial charge in [0.1, 0.15) is 0 Å². The highest BCUT2D eigenvalue weighted by molar-refractivity contribution is 7.80. The van der Waals surface area contributed by atoms with Crippen molar-refractivity contribution in [2.75, 3.05) is 40.8 Å². The van der Waals surface area contributed by atoms with E-state index in [-0.39, 0.29) is 0 Å². The summed E-state index contributed by atoms with van der Waals surface area (Å²) in [6.07, 6.45) is 4.75. The predicted molar refractivity (Wildman–Crippen MR) is 73.7 cm³/mol. The van der Waals surface area contributed by atoms with Crippen LogP contribution in [0.5, 0.6) is 0 Å². The van der Waals surface area contributed by atoms with Crippen LogP contribution in [0.25, 0.3) is 0 Å². The van der Waals surface area contributed by atoms with Crippen LogP contribution in [0.3, 0.4) is 0 Å². The minimum atomic E-state index is 0.429. The van der Waals surface area contributed by atoms with Crippen LogP contribution in [0.15, 0.2) is 0 Å². The summed E-state index contributed by atoms with van der Waals surface area (Å²) in [6.45, 7) is 3.47. The second kappa shape index (κ2) is 5.94.